The third-order valence-electron chi connectivity index (χ3n) is 2.10. The van der Waals surface area contributed by atoms with E-state index in [9.17, 15) is 9.59 Å². The number of nitrogens with one attached hydrogen (secondary N) is 1. The Morgan fingerprint density at radius 2 is 1.80 bits per heavy atom. The van der Waals surface area contributed by atoms with Gasteiger partial charge in [-0.25, -0.2) is 19.6 Å². The van der Waals surface area contributed by atoms with Gasteiger partial charge in [-0.3, -0.25) is 0 Å². The SMILES string of the molecule is CC(C)(C)OC(=O)N[C@@H](CS)C(=O)OCCS(C)(C)C. The van der Waals surface area contributed by atoms with E-state index in [2.05, 4.69) is 36.7 Å². The lowest BCUT2D eigenvalue weighted by Gasteiger charge is -2.25. The van der Waals surface area contributed by atoms with Crippen molar-refractivity contribution < 1.29 is 19.1 Å². The lowest BCUT2D eigenvalue weighted by atomic mass is 10.2. The second-order valence-corrected chi connectivity index (χ2v) is 11.3. The maximum atomic E-state index is 11.8. The molecule has 1 amide bonds. The summed E-state index contributed by atoms with van der Waals surface area (Å²) in [5.74, 6) is 0.528. The fraction of sp³-hybridized carbons (Fsp3) is 0.846. The molecular weight excluding hydrogens is 298 g/mol. The van der Waals surface area contributed by atoms with Gasteiger partial charge >= 0.3 is 12.1 Å². The number of thiol groups is 1. The van der Waals surface area contributed by atoms with Crippen molar-refractivity contribution in [2.24, 2.45) is 0 Å². The monoisotopic (exact) mass is 325 g/mol. The van der Waals surface area contributed by atoms with E-state index in [4.69, 9.17) is 9.47 Å². The molecule has 0 aliphatic rings. The van der Waals surface area contributed by atoms with Crippen LogP contribution in [0.15, 0.2) is 0 Å². The summed E-state index contributed by atoms with van der Waals surface area (Å²) < 4.78 is 10.3. The molecule has 0 rings (SSSR count). The highest BCUT2D eigenvalue weighted by Gasteiger charge is 2.24. The van der Waals surface area contributed by atoms with Gasteiger partial charge in [0.15, 0.2) is 0 Å². The summed E-state index contributed by atoms with van der Waals surface area (Å²) in [6, 6.07) is -0.789. The quantitative estimate of drug-likeness (QED) is 0.579. The van der Waals surface area contributed by atoms with Crippen LogP contribution >= 0.6 is 22.7 Å². The van der Waals surface area contributed by atoms with Gasteiger partial charge in [0.1, 0.15) is 11.6 Å². The minimum Gasteiger partial charge on any atom is -0.463 e. The Balaban J connectivity index is 4.25. The zero-order chi connectivity index (χ0) is 16.0. The van der Waals surface area contributed by atoms with E-state index in [0.29, 0.717) is 6.61 Å². The largest absolute Gasteiger partial charge is 0.463 e. The molecule has 0 aliphatic carbocycles. The van der Waals surface area contributed by atoms with E-state index in [1.165, 1.54) is 0 Å². The van der Waals surface area contributed by atoms with Crippen LogP contribution in [0.1, 0.15) is 20.8 Å². The van der Waals surface area contributed by atoms with E-state index in [1.807, 2.05) is 0 Å². The van der Waals surface area contributed by atoms with E-state index in [-0.39, 0.29) is 5.75 Å². The van der Waals surface area contributed by atoms with Crippen molar-refractivity contribution in [1.29, 1.82) is 0 Å². The van der Waals surface area contributed by atoms with Crippen LogP contribution in [0.5, 0.6) is 0 Å². The molecule has 0 saturated carbocycles. The normalized spacial score (nSPS) is 14.3. The van der Waals surface area contributed by atoms with Crippen LogP contribution in [0.25, 0.3) is 0 Å². The summed E-state index contributed by atoms with van der Waals surface area (Å²) in [6.45, 7) is 5.63. The highest BCUT2D eigenvalue weighted by molar-refractivity contribution is 8.32. The maximum Gasteiger partial charge on any atom is 0.408 e. The summed E-state index contributed by atoms with van der Waals surface area (Å²) in [5.41, 5.74) is -0.606. The van der Waals surface area contributed by atoms with E-state index >= 15 is 0 Å². The molecule has 0 aromatic rings. The number of alkyl carbamates (subject to hydrolysis) is 1. The van der Waals surface area contributed by atoms with Crippen LogP contribution in [0, 0.1) is 0 Å². The van der Waals surface area contributed by atoms with Crippen LogP contribution in [0.4, 0.5) is 4.79 Å². The molecule has 7 heteroatoms. The Labute approximate surface area is 128 Å². The van der Waals surface area contributed by atoms with Gasteiger partial charge in [-0.1, -0.05) is 0 Å². The minimum atomic E-state index is -0.789. The van der Waals surface area contributed by atoms with Crippen molar-refractivity contribution in [2.45, 2.75) is 32.4 Å². The predicted octanol–water partition coefficient (Wildman–Crippen LogP) is 2.05. The summed E-state index contributed by atoms with van der Waals surface area (Å²) >= 11 is 4.05. The minimum absolute atomic E-state index is 0.167. The molecule has 0 radical (unpaired) electrons. The van der Waals surface area contributed by atoms with E-state index < -0.39 is 33.7 Å². The number of carbonyl (C=O) groups excluding carboxylic acids is 2. The Hall–Kier alpha value is -0.560. The lowest BCUT2D eigenvalue weighted by Crippen LogP contribution is -2.45. The first-order chi connectivity index (χ1) is 8.94. The molecule has 1 N–H and O–H groups in total. The summed E-state index contributed by atoms with van der Waals surface area (Å²) in [7, 11) is -0.708. The highest BCUT2D eigenvalue weighted by Crippen LogP contribution is 2.33. The smallest absolute Gasteiger partial charge is 0.408 e. The summed E-state index contributed by atoms with van der Waals surface area (Å²) in [4.78, 5) is 23.4. The Bertz CT molecular complexity index is 334. The fourth-order valence-corrected chi connectivity index (χ4v) is 1.95. The third-order valence-corrected chi connectivity index (χ3v) is 3.85. The number of hydrogen-bond donors (Lipinski definition) is 2. The molecule has 0 saturated heterocycles. The van der Waals surface area contributed by atoms with Crippen LogP contribution < -0.4 is 5.32 Å². The molecule has 0 aliphatic heterocycles. The van der Waals surface area contributed by atoms with Gasteiger partial charge in [0.25, 0.3) is 0 Å². The Kier molecular flexibility index (Phi) is 7.80. The van der Waals surface area contributed by atoms with Crippen molar-refractivity contribution in [1.82, 2.24) is 5.32 Å². The first-order valence-electron chi connectivity index (χ1n) is 6.37. The van der Waals surface area contributed by atoms with Crippen molar-refractivity contribution in [3.05, 3.63) is 0 Å². The first-order valence-corrected chi connectivity index (χ1v) is 10.0. The van der Waals surface area contributed by atoms with Gasteiger partial charge in [-0.05, 0) is 39.5 Å². The van der Waals surface area contributed by atoms with Gasteiger partial charge in [0.2, 0.25) is 0 Å². The zero-order valence-electron chi connectivity index (χ0n) is 13.2. The third kappa shape index (κ3) is 10.3. The molecule has 0 unspecified atom stereocenters. The molecule has 0 fully saturated rings. The van der Waals surface area contributed by atoms with Gasteiger partial charge in [0, 0.05) is 11.5 Å². The average molecular weight is 325 g/mol. The molecule has 0 heterocycles. The molecule has 1 atom stereocenters. The molecule has 0 aromatic heterocycles. The van der Waals surface area contributed by atoms with Gasteiger partial charge in [-0.2, -0.15) is 12.6 Å². The zero-order valence-corrected chi connectivity index (χ0v) is 14.9. The number of ether oxygens (including phenoxy) is 2. The average Bonchev–Trinajstić information content (AvgIpc) is 2.21. The molecule has 120 valence electrons. The van der Waals surface area contributed by atoms with E-state index in [0.717, 1.165) is 5.75 Å². The second-order valence-electron chi connectivity index (χ2n) is 6.34. The lowest BCUT2D eigenvalue weighted by molar-refractivity contribution is -0.144. The summed E-state index contributed by atoms with van der Waals surface area (Å²) in [6.07, 6.45) is 5.80. The van der Waals surface area contributed by atoms with Gasteiger partial charge in [-0.15, -0.1) is 0 Å². The molecular formula is C13H27NO4S2. The predicted molar refractivity (Wildman–Crippen MR) is 88.2 cm³/mol. The topological polar surface area (TPSA) is 64.6 Å². The Morgan fingerprint density at radius 3 is 2.20 bits per heavy atom. The first kappa shape index (κ1) is 19.4. The van der Waals surface area contributed by atoms with Crippen LogP contribution in [0.3, 0.4) is 0 Å². The van der Waals surface area contributed by atoms with Gasteiger partial charge in [0.05, 0.1) is 6.61 Å². The summed E-state index contributed by atoms with van der Waals surface area (Å²) in [5, 5.41) is 2.47. The molecule has 0 aromatic carbocycles. The molecule has 5 nitrogen and oxygen atoms in total. The number of esters is 1. The van der Waals surface area contributed by atoms with Crippen molar-refractivity contribution in [3.8, 4) is 0 Å². The van der Waals surface area contributed by atoms with Crippen LogP contribution in [0.2, 0.25) is 0 Å². The number of rotatable bonds is 6. The Morgan fingerprint density at radius 1 is 1.25 bits per heavy atom. The van der Waals surface area contributed by atoms with Crippen molar-refractivity contribution in [3.63, 3.8) is 0 Å². The number of carbonyl (C=O) groups is 2. The maximum absolute atomic E-state index is 11.8. The standard InChI is InChI=1S/C13H27NO4S2/c1-13(2,3)18-12(16)14-10(9-19)11(15)17-7-8-20(4,5)6/h10,19H,7-9H2,1-6H3,(H,14,16)/t10-/m0/s1. The number of hydrogen-bond acceptors (Lipinski definition) is 5. The highest BCUT2D eigenvalue weighted by atomic mass is 32.3. The number of amides is 1. The molecule has 20 heavy (non-hydrogen) atoms. The van der Waals surface area contributed by atoms with Gasteiger partial charge < -0.3 is 14.8 Å². The van der Waals surface area contributed by atoms with Crippen LogP contribution in [-0.4, -0.2) is 60.6 Å². The fourth-order valence-electron chi connectivity index (χ4n) is 1.12. The second kappa shape index (κ2) is 8.02. The molecule has 0 spiro atoms. The van der Waals surface area contributed by atoms with E-state index in [1.54, 1.807) is 20.8 Å². The van der Waals surface area contributed by atoms with Crippen LogP contribution in [-0.2, 0) is 14.3 Å². The van der Waals surface area contributed by atoms with Crippen molar-refractivity contribution >= 4 is 34.7 Å². The van der Waals surface area contributed by atoms with Crippen molar-refractivity contribution in [2.75, 3.05) is 36.9 Å². The molecule has 0 bridgehead atoms.